The maximum atomic E-state index is 12.8. The molecule has 22 heavy (non-hydrogen) atoms. The third kappa shape index (κ3) is 2.64. The number of benzene rings is 1. The highest BCUT2D eigenvalue weighted by atomic mass is 16.2. The summed E-state index contributed by atoms with van der Waals surface area (Å²) in [4.78, 5) is 36.4. The molecule has 1 saturated heterocycles. The summed E-state index contributed by atoms with van der Waals surface area (Å²) in [6.45, 7) is 5.56. The Balaban J connectivity index is 1.89. The maximum Gasteiger partial charge on any atom is 0.273 e. The summed E-state index contributed by atoms with van der Waals surface area (Å²) in [5, 5.41) is 0.770. The Bertz CT molecular complexity index is 736. The first kappa shape index (κ1) is 14.4. The fourth-order valence-electron chi connectivity index (χ4n) is 2.73. The van der Waals surface area contributed by atoms with Gasteiger partial charge in [0, 0.05) is 38.5 Å². The molecule has 1 fully saturated rings. The van der Waals surface area contributed by atoms with E-state index >= 15 is 0 Å². The Morgan fingerprint density at radius 2 is 1.64 bits per heavy atom. The van der Waals surface area contributed by atoms with Crippen molar-refractivity contribution >= 4 is 22.7 Å². The average Bonchev–Trinajstić information content (AvgIpc) is 2.53. The van der Waals surface area contributed by atoms with Crippen molar-refractivity contribution in [1.29, 1.82) is 0 Å². The summed E-state index contributed by atoms with van der Waals surface area (Å²) in [5.74, 6) is 0.546. The molecule has 0 radical (unpaired) electrons. The standard InChI is InChI=1S/C16H18N4O2/c1-11-17-14-6-4-3-5-13(14)15(18-11)16(22)20-9-7-19(8-10-20)12(2)21/h3-6H,7-10H2,1-2H3. The normalized spacial score (nSPS) is 15.2. The number of aromatic nitrogens is 2. The van der Waals surface area contributed by atoms with Gasteiger partial charge < -0.3 is 9.80 Å². The molecule has 3 rings (SSSR count). The Labute approximate surface area is 128 Å². The van der Waals surface area contributed by atoms with Gasteiger partial charge in [0.1, 0.15) is 11.5 Å². The smallest absolute Gasteiger partial charge is 0.273 e. The Kier molecular flexibility index (Phi) is 3.75. The van der Waals surface area contributed by atoms with E-state index in [1.807, 2.05) is 24.3 Å². The van der Waals surface area contributed by atoms with E-state index in [-0.39, 0.29) is 11.8 Å². The van der Waals surface area contributed by atoms with Gasteiger partial charge in [-0.05, 0) is 13.0 Å². The molecule has 2 heterocycles. The van der Waals surface area contributed by atoms with Crippen LogP contribution in [0.2, 0.25) is 0 Å². The molecule has 2 aromatic rings. The van der Waals surface area contributed by atoms with Crippen LogP contribution in [0.25, 0.3) is 10.9 Å². The van der Waals surface area contributed by atoms with E-state index in [9.17, 15) is 9.59 Å². The highest BCUT2D eigenvalue weighted by Gasteiger charge is 2.25. The number of piperazine rings is 1. The van der Waals surface area contributed by atoms with Crippen molar-refractivity contribution in [1.82, 2.24) is 19.8 Å². The zero-order chi connectivity index (χ0) is 15.7. The molecule has 6 nitrogen and oxygen atoms in total. The lowest BCUT2D eigenvalue weighted by Gasteiger charge is -2.34. The molecule has 1 aliphatic heterocycles. The molecule has 0 saturated carbocycles. The van der Waals surface area contributed by atoms with Crippen molar-refractivity contribution in [3.63, 3.8) is 0 Å². The van der Waals surface area contributed by atoms with Crippen LogP contribution in [-0.2, 0) is 4.79 Å². The van der Waals surface area contributed by atoms with Crippen LogP contribution in [0.3, 0.4) is 0 Å². The highest BCUT2D eigenvalue weighted by molar-refractivity contribution is 6.04. The number of aryl methyl sites for hydroxylation is 1. The van der Waals surface area contributed by atoms with Crippen LogP contribution >= 0.6 is 0 Å². The number of carbonyl (C=O) groups is 2. The van der Waals surface area contributed by atoms with Crippen LogP contribution in [0, 0.1) is 6.92 Å². The topological polar surface area (TPSA) is 66.4 Å². The van der Waals surface area contributed by atoms with Crippen LogP contribution < -0.4 is 0 Å². The number of hydrogen-bond donors (Lipinski definition) is 0. The first-order valence-electron chi connectivity index (χ1n) is 7.34. The zero-order valence-electron chi connectivity index (χ0n) is 12.7. The van der Waals surface area contributed by atoms with E-state index in [2.05, 4.69) is 9.97 Å². The van der Waals surface area contributed by atoms with Crippen molar-refractivity contribution < 1.29 is 9.59 Å². The number of amides is 2. The zero-order valence-corrected chi connectivity index (χ0v) is 12.7. The van der Waals surface area contributed by atoms with E-state index in [1.165, 1.54) is 0 Å². The first-order chi connectivity index (χ1) is 10.6. The van der Waals surface area contributed by atoms with Gasteiger partial charge in [0.25, 0.3) is 5.91 Å². The number of nitrogens with zero attached hydrogens (tertiary/aromatic N) is 4. The average molecular weight is 298 g/mol. The van der Waals surface area contributed by atoms with Gasteiger partial charge in [-0.2, -0.15) is 0 Å². The second-order valence-electron chi connectivity index (χ2n) is 5.43. The summed E-state index contributed by atoms with van der Waals surface area (Å²) < 4.78 is 0. The molecule has 0 unspecified atom stereocenters. The summed E-state index contributed by atoms with van der Waals surface area (Å²) in [5.41, 5.74) is 1.22. The van der Waals surface area contributed by atoms with E-state index in [0.717, 1.165) is 10.9 Å². The quantitative estimate of drug-likeness (QED) is 0.794. The van der Waals surface area contributed by atoms with Gasteiger partial charge in [-0.3, -0.25) is 9.59 Å². The van der Waals surface area contributed by atoms with E-state index in [4.69, 9.17) is 0 Å². The third-order valence-electron chi connectivity index (χ3n) is 3.93. The van der Waals surface area contributed by atoms with Gasteiger partial charge in [0.2, 0.25) is 5.91 Å². The van der Waals surface area contributed by atoms with Crippen LogP contribution in [0.5, 0.6) is 0 Å². The Hall–Kier alpha value is -2.50. The molecule has 0 N–H and O–H groups in total. The lowest BCUT2D eigenvalue weighted by molar-refractivity contribution is -0.130. The van der Waals surface area contributed by atoms with Crippen LogP contribution in [-0.4, -0.2) is 57.8 Å². The van der Waals surface area contributed by atoms with Gasteiger partial charge in [-0.25, -0.2) is 9.97 Å². The molecule has 1 aromatic heterocycles. The van der Waals surface area contributed by atoms with Crippen molar-refractivity contribution in [3.05, 3.63) is 35.8 Å². The van der Waals surface area contributed by atoms with Crippen molar-refractivity contribution in [2.45, 2.75) is 13.8 Å². The second-order valence-corrected chi connectivity index (χ2v) is 5.43. The summed E-state index contributed by atoms with van der Waals surface area (Å²) in [6, 6.07) is 7.53. The maximum absolute atomic E-state index is 12.8. The largest absolute Gasteiger partial charge is 0.339 e. The van der Waals surface area contributed by atoms with Gasteiger partial charge in [0.05, 0.1) is 5.52 Å². The van der Waals surface area contributed by atoms with E-state index < -0.39 is 0 Å². The van der Waals surface area contributed by atoms with E-state index in [0.29, 0.717) is 37.7 Å². The number of fused-ring (bicyclic) bond motifs is 1. The molecule has 1 aliphatic rings. The molecule has 0 spiro atoms. The molecular weight excluding hydrogens is 280 g/mol. The fourth-order valence-corrected chi connectivity index (χ4v) is 2.73. The summed E-state index contributed by atoms with van der Waals surface area (Å²) in [6.07, 6.45) is 0. The van der Waals surface area contributed by atoms with Gasteiger partial charge in [0.15, 0.2) is 0 Å². The van der Waals surface area contributed by atoms with Gasteiger partial charge in [-0.15, -0.1) is 0 Å². The molecule has 114 valence electrons. The number of rotatable bonds is 1. The minimum atomic E-state index is -0.0927. The SMILES string of the molecule is CC(=O)N1CCN(C(=O)c2nc(C)nc3ccccc23)CC1. The minimum absolute atomic E-state index is 0.0513. The van der Waals surface area contributed by atoms with E-state index in [1.54, 1.807) is 23.6 Å². The fraction of sp³-hybridized carbons (Fsp3) is 0.375. The minimum Gasteiger partial charge on any atom is -0.339 e. The van der Waals surface area contributed by atoms with Gasteiger partial charge >= 0.3 is 0 Å². The highest BCUT2D eigenvalue weighted by Crippen LogP contribution is 2.18. The molecule has 1 aromatic carbocycles. The van der Waals surface area contributed by atoms with Crippen LogP contribution in [0.15, 0.2) is 24.3 Å². The molecule has 0 aliphatic carbocycles. The van der Waals surface area contributed by atoms with Gasteiger partial charge in [-0.1, -0.05) is 18.2 Å². The van der Waals surface area contributed by atoms with Crippen molar-refractivity contribution in [2.75, 3.05) is 26.2 Å². The Morgan fingerprint density at radius 1 is 1.00 bits per heavy atom. The third-order valence-corrected chi connectivity index (χ3v) is 3.93. The Morgan fingerprint density at radius 3 is 2.32 bits per heavy atom. The molecular formula is C16H18N4O2. The summed E-state index contributed by atoms with van der Waals surface area (Å²) >= 11 is 0. The van der Waals surface area contributed by atoms with Crippen LogP contribution in [0.4, 0.5) is 0 Å². The van der Waals surface area contributed by atoms with Crippen LogP contribution in [0.1, 0.15) is 23.2 Å². The second kappa shape index (κ2) is 5.71. The molecule has 2 amide bonds. The number of hydrogen-bond acceptors (Lipinski definition) is 4. The molecule has 0 atom stereocenters. The lowest BCUT2D eigenvalue weighted by atomic mass is 10.1. The molecule has 6 heteroatoms. The number of para-hydroxylation sites is 1. The predicted octanol–water partition coefficient (Wildman–Crippen LogP) is 1.24. The molecule has 0 bridgehead atoms. The lowest BCUT2D eigenvalue weighted by Crippen LogP contribution is -2.50. The van der Waals surface area contributed by atoms with Crippen molar-refractivity contribution in [2.24, 2.45) is 0 Å². The van der Waals surface area contributed by atoms with Crippen molar-refractivity contribution in [3.8, 4) is 0 Å². The number of carbonyl (C=O) groups excluding carboxylic acids is 2. The monoisotopic (exact) mass is 298 g/mol. The predicted molar refractivity (Wildman–Crippen MR) is 82.4 cm³/mol. The summed E-state index contributed by atoms with van der Waals surface area (Å²) in [7, 11) is 0. The first-order valence-corrected chi connectivity index (χ1v) is 7.34.